The van der Waals surface area contributed by atoms with Crippen LogP contribution in [0.1, 0.15) is 16.7 Å². The molecule has 1 amide bonds. The van der Waals surface area contributed by atoms with Gasteiger partial charge in [-0.1, -0.05) is 23.8 Å². The van der Waals surface area contributed by atoms with Crippen LogP contribution in [-0.2, 0) is 16.1 Å². The van der Waals surface area contributed by atoms with Crippen LogP contribution in [0.5, 0.6) is 0 Å². The van der Waals surface area contributed by atoms with Gasteiger partial charge in [0.05, 0.1) is 11.5 Å². The Morgan fingerprint density at radius 1 is 1.17 bits per heavy atom. The van der Waals surface area contributed by atoms with Crippen molar-refractivity contribution in [1.82, 2.24) is 0 Å². The van der Waals surface area contributed by atoms with Crippen molar-refractivity contribution in [1.29, 1.82) is 0 Å². The number of aryl methyl sites for hydroxylation is 2. The molecule has 0 radical (unpaired) electrons. The molecule has 0 unspecified atom stereocenters. The third kappa shape index (κ3) is 4.89. The molecule has 0 aromatic heterocycles. The van der Waals surface area contributed by atoms with E-state index >= 15 is 0 Å². The van der Waals surface area contributed by atoms with Gasteiger partial charge in [-0.3, -0.25) is 14.9 Å². The van der Waals surface area contributed by atoms with Gasteiger partial charge in [0.1, 0.15) is 6.61 Å². The minimum Gasteiger partial charge on any atom is -0.367 e. The fourth-order valence-electron chi connectivity index (χ4n) is 2.12. The molecular formula is C17H18N2O4. The van der Waals surface area contributed by atoms with Crippen molar-refractivity contribution < 1.29 is 14.5 Å². The Hall–Kier alpha value is -2.73. The molecule has 2 rings (SSSR count). The largest absolute Gasteiger partial charge is 0.367 e. The summed E-state index contributed by atoms with van der Waals surface area (Å²) in [5, 5.41) is 13.2. The summed E-state index contributed by atoms with van der Waals surface area (Å²) in [5.41, 5.74) is 3.83. The molecule has 0 spiro atoms. The number of carbonyl (C=O) groups is 1. The molecule has 23 heavy (non-hydrogen) atoms. The van der Waals surface area contributed by atoms with Gasteiger partial charge < -0.3 is 10.1 Å². The molecule has 0 aliphatic rings. The zero-order chi connectivity index (χ0) is 16.8. The lowest BCUT2D eigenvalue weighted by Crippen LogP contribution is -2.18. The molecule has 0 bridgehead atoms. The summed E-state index contributed by atoms with van der Waals surface area (Å²) < 4.78 is 5.42. The number of rotatable bonds is 6. The number of benzene rings is 2. The van der Waals surface area contributed by atoms with Crippen LogP contribution in [0.15, 0.2) is 42.5 Å². The van der Waals surface area contributed by atoms with Gasteiger partial charge >= 0.3 is 0 Å². The number of carbonyl (C=O) groups excluding carboxylic acids is 1. The second-order valence-electron chi connectivity index (χ2n) is 5.27. The first-order chi connectivity index (χ1) is 11.0. The number of nitrogens with zero attached hydrogens (tertiary/aromatic N) is 1. The second kappa shape index (κ2) is 7.51. The van der Waals surface area contributed by atoms with Crippen molar-refractivity contribution in [2.24, 2.45) is 0 Å². The first-order valence-corrected chi connectivity index (χ1v) is 7.14. The first-order valence-electron chi connectivity index (χ1n) is 7.14. The van der Waals surface area contributed by atoms with E-state index in [0.29, 0.717) is 12.3 Å². The fraction of sp³-hybridized carbons (Fsp3) is 0.235. The van der Waals surface area contributed by atoms with E-state index in [-0.39, 0.29) is 18.2 Å². The van der Waals surface area contributed by atoms with E-state index in [1.54, 1.807) is 0 Å². The Bertz CT molecular complexity index is 711. The van der Waals surface area contributed by atoms with Gasteiger partial charge in [-0.2, -0.15) is 0 Å². The van der Waals surface area contributed by atoms with E-state index in [1.165, 1.54) is 29.8 Å². The third-order valence-corrected chi connectivity index (χ3v) is 3.35. The smallest absolute Gasteiger partial charge is 0.269 e. The molecule has 120 valence electrons. The molecule has 6 heteroatoms. The SMILES string of the molecule is Cc1ccc(COCC(=O)Nc2ccc([N+](=O)[O-])cc2)c(C)c1. The van der Waals surface area contributed by atoms with Gasteiger partial charge in [0.2, 0.25) is 5.91 Å². The van der Waals surface area contributed by atoms with Crippen molar-refractivity contribution in [3.63, 3.8) is 0 Å². The van der Waals surface area contributed by atoms with Crippen molar-refractivity contribution in [2.75, 3.05) is 11.9 Å². The highest BCUT2D eigenvalue weighted by Crippen LogP contribution is 2.15. The Labute approximate surface area is 134 Å². The Balaban J connectivity index is 1.82. The molecule has 0 saturated heterocycles. The lowest BCUT2D eigenvalue weighted by Gasteiger charge is -2.09. The highest BCUT2D eigenvalue weighted by Gasteiger charge is 2.07. The summed E-state index contributed by atoms with van der Waals surface area (Å²) in [5.74, 6) is -0.302. The van der Waals surface area contributed by atoms with Crippen LogP contribution in [0.3, 0.4) is 0 Å². The summed E-state index contributed by atoms with van der Waals surface area (Å²) in [4.78, 5) is 21.9. The third-order valence-electron chi connectivity index (χ3n) is 3.35. The monoisotopic (exact) mass is 314 g/mol. The maximum absolute atomic E-state index is 11.8. The van der Waals surface area contributed by atoms with E-state index < -0.39 is 4.92 Å². The zero-order valence-electron chi connectivity index (χ0n) is 13.0. The van der Waals surface area contributed by atoms with Crippen molar-refractivity contribution in [2.45, 2.75) is 20.5 Å². The minimum absolute atomic E-state index is 0.0194. The average molecular weight is 314 g/mol. The van der Waals surface area contributed by atoms with Crippen LogP contribution in [0.25, 0.3) is 0 Å². The van der Waals surface area contributed by atoms with Crippen LogP contribution in [0.4, 0.5) is 11.4 Å². The Kier molecular flexibility index (Phi) is 5.43. The summed E-state index contributed by atoms with van der Waals surface area (Å²) in [6.07, 6.45) is 0. The van der Waals surface area contributed by atoms with Crippen LogP contribution >= 0.6 is 0 Å². The van der Waals surface area contributed by atoms with Gasteiger partial charge in [-0.25, -0.2) is 0 Å². The van der Waals surface area contributed by atoms with Gasteiger partial charge in [0.15, 0.2) is 0 Å². The lowest BCUT2D eigenvalue weighted by molar-refractivity contribution is -0.384. The van der Waals surface area contributed by atoms with Crippen molar-refractivity contribution in [3.8, 4) is 0 Å². The van der Waals surface area contributed by atoms with E-state index in [4.69, 9.17) is 4.74 Å². The summed E-state index contributed by atoms with van der Waals surface area (Å²) in [6, 6.07) is 11.7. The first kappa shape index (κ1) is 16.6. The van der Waals surface area contributed by atoms with E-state index in [0.717, 1.165) is 11.1 Å². The number of amides is 1. The number of nitro benzene ring substituents is 1. The highest BCUT2D eigenvalue weighted by atomic mass is 16.6. The summed E-state index contributed by atoms with van der Waals surface area (Å²) in [7, 11) is 0. The van der Waals surface area contributed by atoms with Crippen LogP contribution in [0, 0.1) is 24.0 Å². The van der Waals surface area contributed by atoms with Crippen LogP contribution < -0.4 is 5.32 Å². The van der Waals surface area contributed by atoms with Gasteiger partial charge in [0, 0.05) is 17.8 Å². The normalized spacial score (nSPS) is 10.3. The van der Waals surface area contributed by atoms with E-state index in [1.807, 2.05) is 26.0 Å². The fourth-order valence-corrected chi connectivity index (χ4v) is 2.12. The quantitative estimate of drug-likeness (QED) is 0.654. The van der Waals surface area contributed by atoms with Gasteiger partial charge in [-0.05, 0) is 37.1 Å². The average Bonchev–Trinajstić information content (AvgIpc) is 2.50. The molecule has 2 aromatic carbocycles. The predicted octanol–water partition coefficient (Wildman–Crippen LogP) is 3.37. The number of anilines is 1. The molecule has 0 aliphatic carbocycles. The van der Waals surface area contributed by atoms with Crippen LogP contribution in [0.2, 0.25) is 0 Å². The van der Waals surface area contributed by atoms with Crippen molar-refractivity contribution in [3.05, 3.63) is 69.3 Å². The molecule has 1 N–H and O–H groups in total. The molecule has 0 aliphatic heterocycles. The Morgan fingerprint density at radius 2 is 1.87 bits per heavy atom. The Morgan fingerprint density at radius 3 is 2.48 bits per heavy atom. The van der Waals surface area contributed by atoms with Crippen molar-refractivity contribution >= 4 is 17.3 Å². The van der Waals surface area contributed by atoms with Gasteiger partial charge in [0.25, 0.3) is 5.69 Å². The van der Waals surface area contributed by atoms with E-state index in [9.17, 15) is 14.9 Å². The molecule has 2 aromatic rings. The molecule has 0 fully saturated rings. The molecule has 0 heterocycles. The lowest BCUT2D eigenvalue weighted by atomic mass is 10.1. The number of hydrogen-bond acceptors (Lipinski definition) is 4. The predicted molar refractivity (Wildman–Crippen MR) is 87.3 cm³/mol. The highest BCUT2D eigenvalue weighted by molar-refractivity contribution is 5.91. The number of non-ortho nitro benzene ring substituents is 1. The minimum atomic E-state index is -0.487. The maximum atomic E-state index is 11.8. The standard InChI is InChI=1S/C17H18N2O4/c1-12-3-4-14(13(2)9-12)10-23-11-17(20)18-15-5-7-16(8-6-15)19(21)22/h3-9H,10-11H2,1-2H3,(H,18,20). The molecule has 0 atom stereocenters. The second-order valence-corrected chi connectivity index (χ2v) is 5.27. The number of hydrogen-bond donors (Lipinski definition) is 1. The number of nitro groups is 1. The van der Waals surface area contributed by atoms with Gasteiger partial charge in [-0.15, -0.1) is 0 Å². The number of nitrogens with one attached hydrogen (secondary N) is 1. The van der Waals surface area contributed by atoms with E-state index in [2.05, 4.69) is 11.4 Å². The summed E-state index contributed by atoms with van der Waals surface area (Å²) in [6.45, 7) is 4.31. The molecule has 6 nitrogen and oxygen atoms in total. The van der Waals surface area contributed by atoms with Crippen LogP contribution in [-0.4, -0.2) is 17.4 Å². The molecular weight excluding hydrogens is 296 g/mol. The summed E-state index contributed by atoms with van der Waals surface area (Å²) >= 11 is 0. The zero-order valence-corrected chi connectivity index (χ0v) is 13.0. The number of ether oxygens (including phenoxy) is 1. The maximum Gasteiger partial charge on any atom is 0.269 e. The topological polar surface area (TPSA) is 81.5 Å². The molecule has 0 saturated carbocycles.